The summed E-state index contributed by atoms with van der Waals surface area (Å²) in [6, 6.07) is 5.98. The number of carbonyl (C=O) groups excluding carboxylic acids is 3. The highest BCUT2D eigenvalue weighted by molar-refractivity contribution is 5.97. The summed E-state index contributed by atoms with van der Waals surface area (Å²) in [6.45, 7) is 2.85. The molecule has 3 amide bonds. The van der Waals surface area contributed by atoms with E-state index in [4.69, 9.17) is 14.2 Å². The minimum atomic E-state index is -1.12. The molecule has 0 aliphatic heterocycles. The molecule has 0 bridgehead atoms. The van der Waals surface area contributed by atoms with Crippen molar-refractivity contribution in [1.82, 2.24) is 10.6 Å². The molecule has 2 atom stereocenters. The van der Waals surface area contributed by atoms with Crippen LogP contribution in [-0.2, 0) is 14.3 Å². The highest BCUT2D eigenvalue weighted by atomic mass is 16.6. The molecule has 8 nitrogen and oxygen atoms in total. The Morgan fingerprint density at radius 1 is 1.00 bits per heavy atom. The molecule has 2 N–H and O–H groups in total. The van der Waals surface area contributed by atoms with Crippen molar-refractivity contribution in [3.8, 4) is 11.5 Å². The highest BCUT2D eigenvalue weighted by Crippen LogP contribution is 2.18. The Hall–Kier alpha value is -2.77. The highest BCUT2D eigenvalue weighted by Gasteiger charge is 2.24. The normalized spacial score (nSPS) is 12.5. The Morgan fingerprint density at radius 2 is 1.57 bits per heavy atom. The molecule has 0 saturated carbocycles. The average molecular weight is 324 g/mol. The third-order valence-electron chi connectivity index (χ3n) is 2.83. The lowest BCUT2D eigenvalue weighted by Gasteiger charge is -2.17. The summed E-state index contributed by atoms with van der Waals surface area (Å²) >= 11 is 0. The third kappa shape index (κ3) is 5.85. The van der Waals surface area contributed by atoms with Gasteiger partial charge in [-0.15, -0.1) is 0 Å². The number of nitrogens with one attached hydrogen (secondary N) is 2. The van der Waals surface area contributed by atoms with Crippen molar-refractivity contribution in [2.75, 3.05) is 14.2 Å². The van der Waals surface area contributed by atoms with E-state index >= 15 is 0 Å². The van der Waals surface area contributed by atoms with Crippen molar-refractivity contribution >= 4 is 17.9 Å². The van der Waals surface area contributed by atoms with E-state index in [1.807, 2.05) is 5.32 Å². The molecule has 0 aliphatic rings. The van der Waals surface area contributed by atoms with E-state index in [1.165, 1.54) is 20.9 Å². The number of methoxy groups -OCH3 is 1. The fourth-order valence-electron chi connectivity index (χ4n) is 1.51. The first-order valence-corrected chi connectivity index (χ1v) is 6.91. The Morgan fingerprint density at radius 3 is 2.09 bits per heavy atom. The molecule has 8 heteroatoms. The SMILES string of the molecule is CNC(=O)NC(=O)C(C)OC(=O)C(C)Oc1ccc(OC)cc1. The van der Waals surface area contributed by atoms with Gasteiger partial charge in [0.2, 0.25) is 0 Å². The largest absolute Gasteiger partial charge is 0.497 e. The average Bonchev–Trinajstić information content (AvgIpc) is 2.55. The van der Waals surface area contributed by atoms with Crippen molar-refractivity contribution < 1.29 is 28.6 Å². The van der Waals surface area contributed by atoms with Crippen molar-refractivity contribution in [1.29, 1.82) is 0 Å². The molecule has 126 valence electrons. The predicted octanol–water partition coefficient (Wildman–Crippen LogP) is 0.850. The lowest BCUT2D eigenvalue weighted by atomic mass is 10.3. The van der Waals surface area contributed by atoms with Crippen molar-refractivity contribution in [2.24, 2.45) is 0 Å². The van der Waals surface area contributed by atoms with Crippen LogP contribution in [0.3, 0.4) is 0 Å². The van der Waals surface area contributed by atoms with Gasteiger partial charge >= 0.3 is 12.0 Å². The van der Waals surface area contributed by atoms with Crippen molar-refractivity contribution in [3.05, 3.63) is 24.3 Å². The van der Waals surface area contributed by atoms with Crippen LogP contribution >= 0.6 is 0 Å². The smallest absolute Gasteiger partial charge is 0.347 e. The zero-order valence-electron chi connectivity index (χ0n) is 13.4. The molecule has 2 unspecified atom stereocenters. The van der Waals surface area contributed by atoms with Crippen LogP contribution in [-0.4, -0.2) is 44.3 Å². The fraction of sp³-hybridized carbons (Fsp3) is 0.400. The first-order valence-electron chi connectivity index (χ1n) is 6.91. The number of amides is 3. The van der Waals surface area contributed by atoms with E-state index in [2.05, 4.69) is 5.32 Å². The number of urea groups is 1. The van der Waals surface area contributed by atoms with E-state index in [9.17, 15) is 14.4 Å². The predicted molar refractivity (Wildman–Crippen MR) is 81.2 cm³/mol. The number of esters is 1. The number of rotatable bonds is 6. The van der Waals surface area contributed by atoms with Gasteiger partial charge in [-0.1, -0.05) is 0 Å². The number of carbonyl (C=O) groups is 3. The van der Waals surface area contributed by atoms with Crippen LogP contribution in [0.4, 0.5) is 4.79 Å². The molecular weight excluding hydrogens is 304 g/mol. The molecular formula is C15H20N2O6. The second kappa shape index (κ2) is 8.62. The molecule has 0 saturated heterocycles. The topological polar surface area (TPSA) is 103 Å². The van der Waals surface area contributed by atoms with E-state index < -0.39 is 30.1 Å². The van der Waals surface area contributed by atoms with E-state index in [-0.39, 0.29) is 0 Å². The third-order valence-corrected chi connectivity index (χ3v) is 2.83. The Balaban J connectivity index is 2.52. The first-order chi connectivity index (χ1) is 10.9. The summed E-state index contributed by atoms with van der Waals surface area (Å²) in [5, 5.41) is 4.24. The second-order valence-electron chi connectivity index (χ2n) is 4.58. The lowest BCUT2D eigenvalue weighted by molar-refractivity contribution is -0.160. The zero-order chi connectivity index (χ0) is 17.4. The van der Waals surface area contributed by atoms with Gasteiger partial charge in [-0.25, -0.2) is 9.59 Å². The van der Waals surface area contributed by atoms with Gasteiger partial charge in [0.25, 0.3) is 5.91 Å². The van der Waals surface area contributed by atoms with Crippen molar-refractivity contribution in [3.63, 3.8) is 0 Å². The molecule has 1 aromatic carbocycles. The molecule has 0 fully saturated rings. The molecule has 1 rings (SSSR count). The minimum absolute atomic E-state index is 0.456. The van der Waals surface area contributed by atoms with Crippen molar-refractivity contribution in [2.45, 2.75) is 26.1 Å². The number of ether oxygens (including phenoxy) is 3. The van der Waals surface area contributed by atoms with Gasteiger partial charge in [-0.2, -0.15) is 0 Å². The number of imide groups is 1. The molecule has 0 radical (unpaired) electrons. The van der Waals surface area contributed by atoms with Crippen LogP contribution in [0.5, 0.6) is 11.5 Å². The van der Waals surface area contributed by atoms with Crippen LogP contribution in [0.25, 0.3) is 0 Å². The number of hydrogen-bond donors (Lipinski definition) is 2. The summed E-state index contributed by atoms with van der Waals surface area (Å²) in [6.07, 6.45) is -2.04. The summed E-state index contributed by atoms with van der Waals surface area (Å²) in [4.78, 5) is 34.5. The van der Waals surface area contributed by atoms with Crippen LogP contribution in [0.1, 0.15) is 13.8 Å². The van der Waals surface area contributed by atoms with Crippen LogP contribution in [0.15, 0.2) is 24.3 Å². The van der Waals surface area contributed by atoms with Crippen LogP contribution in [0, 0.1) is 0 Å². The molecule has 0 aromatic heterocycles. The molecule has 0 spiro atoms. The quantitative estimate of drug-likeness (QED) is 0.752. The van der Waals surface area contributed by atoms with Gasteiger partial charge in [0.15, 0.2) is 12.2 Å². The minimum Gasteiger partial charge on any atom is -0.497 e. The summed E-state index contributed by atoms with van der Waals surface area (Å²) in [5.74, 6) is -0.334. The van der Waals surface area contributed by atoms with E-state index in [1.54, 1.807) is 31.4 Å². The molecule has 0 aliphatic carbocycles. The zero-order valence-corrected chi connectivity index (χ0v) is 13.4. The summed E-state index contributed by atoms with van der Waals surface area (Å²) in [5.41, 5.74) is 0. The Bertz CT molecular complexity index is 558. The maximum absolute atomic E-state index is 11.9. The maximum atomic E-state index is 11.9. The van der Waals surface area contributed by atoms with Crippen LogP contribution in [0.2, 0.25) is 0 Å². The van der Waals surface area contributed by atoms with Gasteiger partial charge in [-0.3, -0.25) is 10.1 Å². The first kappa shape index (κ1) is 18.3. The Kier molecular flexibility index (Phi) is 6.85. The summed E-state index contributed by atoms with van der Waals surface area (Å²) < 4.78 is 15.4. The lowest BCUT2D eigenvalue weighted by Crippen LogP contribution is -2.44. The maximum Gasteiger partial charge on any atom is 0.347 e. The van der Waals surface area contributed by atoms with E-state index in [0.29, 0.717) is 11.5 Å². The van der Waals surface area contributed by atoms with Gasteiger partial charge < -0.3 is 19.5 Å². The Labute approximate surface area is 134 Å². The summed E-state index contributed by atoms with van der Waals surface area (Å²) in [7, 11) is 2.91. The molecule has 23 heavy (non-hydrogen) atoms. The van der Waals surface area contributed by atoms with Gasteiger partial charge in [0, 0.05) is 7.05 Å². The number of benzene rings is 1. The second-order valence-corrected chi connectivity index (χ2v) is 4.58. The molecule has 1 aromatic rings. The van der Waals surface area contributed by atoms with Gasteiger partial charge in [0.1, 0.15) is 11.5 Å². The fourth-order valence-corrected chi connectivity index (χ4v) is 1.51. The van der Waals surface area contributed by atoms with Gasteiger partial charge in [-0.05, 0) is 38.1 Å². The van der Waals surface area contributed by atoms with E-state index in [0.717, 1.165) is 0 Å². The van der Waals surface area contributed by atoms with Gasteiger partial charge in [0.05, 0.1) is 7.11 Å². The standard InChI is InChI=1S/C15H20N2O6/c1-9(13(18)17-15(20)16-3)23-14(19)10(2)22-12-7-5-11(21-4)6-8-12/h5-10H,1-4H3,(H2,16,17,18,20). The van der Waals surface area contributed by atoms with Crippen LogP contribution < -0.4 is 20.1 Å². The number of hydrogen-bond acceptors (Lipinski definition) is 6. The molecule has 0 heterocycles. The monoisotopic (exact) mass is 324 g/mol.